The summed E-state index contributed by atoms with van der Waals surface area (Å²) in [5, 5.41) is 0.986. The van der Waals surface area contributed by atoms with Crippen LogP contribution < -0.4 is 20.3 Å². The van der Waals surface area contributed by atoms with Gasteiger partial charge in [-0.25, -0.2) is 0 Å². The van der Waals surface area contributed by atoms with Crippen LogP contribution in [0, 0.1) is 0 Å². The van der Waals surface area contributed by atoms with Crippen LogP contribution in [0.5, 0.6) is 11.5 Å². The highest BCUT2D eigenvalue weighted by Gasteiger charge is 2.16. The van der Waals surface area contributed by atoms with E-state index in [1.165, 1.54) is 0 Å². The number of amides is 2. The third-order valence-corrected chi connectivity index (χ3v) is 3.98. The van der Waals surface area contributed by atoms with Crippen molar-refractivity contribution in [1.82, 2.24) is 15.8 Å². The van der Waals surface area contributed by atoms with Gasteiger partial charge in [-0.1, -0.05) is 18.2 Å². The molecule has 25 heavy (non-hydrogen) atoms. The van der Waals surface area contributed by atoms with E-state index in [0.29, 0.717) is 17.1 Å². The van der Waals surface area contributed by atoms with Crippen LogP contribution in [0.2, 0.25) is 0 Å². The second kappa shape index (κ2) is 6.20. The Morgan fingerprint density at radius 3 is 2.80 bits per heavy atom. The van der Waals surface area contributed by atoms with Crippen LogP contribution in [-0.4, -0.2) is 23.6 Å². The van der Waals surface area contributed by atoms with Gasteiger partial charge in [-0.2, -0.15) is 0 Å². The molecule has 0 saturated heterocycles. The number of aromatic amines is 1. The lowest BCUT2D eigenvalue weighted by molar-refractivity contribution is -0.121. The molecule has 2 aromatic carbocycles. The molecule has 1 aliphatic heterocycles. The Morgan fingerprint density at radius 1 is 1.04 bits per heavy atom. The molecule has 0 spiro atoms. The van der Waals surface area contributed by atoms with Gasteiger partial charge >= 0.3 is 0 Å². The minimum absolute atomic E-state index is 0.141. The molecule has 0 bridgehead atoms. The first-order chi connectivity index (χ1) is 12.2. The summed E-state index contributed by atoms with van der Waals surface area (Å²) in [5.74, 6) is 0.377. The van der Waals surface area contributed by atoms with Gasteiger partial charge in [0.25, 0.3) is 5.91 Å². The lowest BCUT2D eigenvalue weighted by Crippen LogP contribution is -2.42. The maximum absolute atomic E-state index is 12.1. The summed E-state index contributed by atoms with van der Waals surface area (Å²) >= 11 is 0. The fourth-order valence-corrected chi connectivity index (χ4v) is 2.73. The first-order valence-corrected chi connectivity index (χ1v) is 7.74. The van der Waals surface area contributed by atoms with Gasteiger partial charge in [-0.05, 0) is 29.8 Å². The van der Waals surface area contributed by atoms with Crippen LogP contribution in [0.15, 0.2) is 48.7 Å². The molecule has 1 aromatic heterocycles. The average molecular weight is 337 g/mol. The molecule has 2 heterocycles. The summed E-state index contributed by atoms with van der Waals surface area (Å²) in [5.41, 5.74) is 7.04. The number of hydrogen-bond donors (Lipinski definition) is 3. The summed E-state index contributed by atoms with van der Waals surface area (Å²) in [6, 6.07) is 12.6. The average Bonchev–Trinajstić information content (AvgIpc) is 3.26. The zero-order valence-electron chi connectivity index (χ0n) is 13.2. The minimum atomic E-state index is -0.425. The number of hydrazine groups is 1. The van der Waals surface area contributed by atoms with Gasteiger partial charge in [0.2, 0.25) is 12.7 Å². The van der Waals surface area contributed by atoms with Gasteiger partial charge in [-0.3, -0.25) is 20.4 Å². The largest absolute Gasteiger partial charge is 0.454 e. The molecule has 7 nitrogen and oxygen atoms in total. The van der Waals surface area contributed by atoms with Crippen molar-refractivity contribution in [1.29, 1.82) is 0 Å². The summed E-state index contributed by atoms with van der Waals surface area (Å²) in [4.78, 5) is 27.3. The third kappa shape index (κ3) is 2.99. The van der Waals surface area contributed by atoms with Gasteiger partial charge in [0.05, 0.1) is 6.42 Å². The van der Waals surface area contributed by atoms with Crippen molar-refractivity contribution in [2.24, 2.45) is 0 Å². The zero-order valence-corrected chi connectivity index (χ0v) is 13.2. The van der Waals surface area contributed by atoms with E-state index in [9.17, 15) is 9.59 Å². The Balaban J connectivity index is 1.37. The van der Waals surface area contributed by atoms with E-state index in [1.54, 1.807) is 24.4 Å². The Labute approximate surface area is 142 Å². The van der Waals surface area contributed by atoms with Crippen molar-refractivity contribution in [3.05, 3.63) is 59.8 Å². The molecule has 0 unspecified atom stereocenters. The monoisotopic (exact) mass is 337 g/mol. The zero-order chi connectivity index (χ0) is 17.2. The number of hydrogen-bond acceptors (Lipinski definition) is 4. The van der Waals surface area contributed by atoms with Crippen molar-refractivity contribution in [3.63, 3.8) is 0 Å². The summed E-state index contributed by atoms with van der Waals surface area (Å²) in [6.45, 7) is 0.141. The SMILES string of the molecule is O=C(Cc1c[nH]c2ccccc12)NNC(=O)c1ccc2c(c1)OCO2. The van der Waals surface area contributed by atoms with Crippen LogP contribution >= 0.6 is 0 Å². The van der Waals surface area contributed by atoms with E-state index in [2.05, 4.69) is 15.8 Å². The number of benzene rings is 2. The Morgan fingerprint density at radius 2 is 1.88 bits per heavy atom. The van der Waals surface area contributed by atoms with Gasteiger partial charge in [0.15, 0.2) is 11.5 Å². The highest BCUT2D eigenvalue weighted by atomic mass is 16.7. The molecule has 0 saturated carbocycles. The minimum Gasteiger partial charge on any atom is -0.454 e. The molecule has 0 radical (unpaired) electrons. The first kappa shape index (κ1) is 15.1. The number of H-pyrrole nitrogens is 1. The number of ether oxygens (including phenoxy) is 2. The molecular weight excluding hydrogens is 322 g/mol. The smallest absolute Gasteiger partial charge is 0.269 e. The Kier molecular flexibility index (Phi) is 3.74. The van der Waals surface area contributed by atoms with Crippen molar-refractivity contribution < 1.29 is 19.1 Å². The summed E-state index contributed by atoms with van der Waals surface area (Å²) in [7, 11) is 0. The lowest BCUT2D eigenvalue weighted by atomic mass is 10.1. The topological polar surface area (TPSA) is 92.5 Å². The number of para-hydroxylation sites is 1. The molecule has 0 fully saturated rings. The number of carbonyl (C=O) groups excluding carboxylic acids is 2. The Hall–Kier alpha value is -3.48. The van der Waals surface area contributed by atoms with E-state index in [4.69, 9.17) is 9.47 Å². The highest BCUT2D eigenvalue weighted by molar-refractivity contribution is 5.96. The van der Waals surface area contributed by atoms with E-state index in [1.807, 2.05) is 24.3 Å². The van der Waals surface area contributed by atoms with Gasteiger partial charge in [0, 0.05) is 22.7 Å². The second-order valence-corrected chi connectivity index (χ2v) is 5.61. The number of aromatic nitrogens is 1. The van der Waals surface area contributed by atoms with Gasteiger partial charge in [0.1, 0.15) is 0 Å². The maximum Gasteiger partial charge on any atom is 0.269 e. The van der Waals surface area contributed by atoms with Crippen LogP contribution in [0.3, 0.4) is 0 Å². The van der Waals surface area contributed by atoms with Crippen molar-refractivity contribution in [3.8, 4) is 11.5 Å². The Bertz CT molecular complexity index is 964. The van der Waals surface area contributed by atoms with E-state index in [0.717, 1.165) is 16.5 Å². The molecule has 0 aliphatic carbocycles. The molecule has 126 valence electrons. The fourth-order valence-electron chi connectivity index (χ4n) is 2.73. The number of carbonyl (C=O) groups is 2. The number of rotatable bonds is 3. The summed E-state index contributed by atoms with van der Waals surface area (Å²) < 4.78 is 10.4. The van der Waals surface area contributed by atoms with E-state index >= 15 is 0 Å². The quantitative estimate of drug-likeness (QED) is 0.637. The normalized spacial score (nSPS) is 12.2. The van der Waals surface area contributed by atoms with Crippen LogP contribution in [-0.2, 0) is 11.2 Å². The maximum atomic E-state index is 12.1. The molecule has 1 aliphatic rings. The molecule has 7 heteroatoms. The van der Waals surface area contributed by atoms with Crippen molar-refractivity contribution >= 4 is 22.7 Å². The van der Waals surface area contributed by atoms with Gasteiger partial charge < -0.3 is 14.5 Å². The van der Waals surface area contributed by atoms with Crippen molar-refractivity contribution in [2.45, 2.75) is 6.42 Å². The predicted molar refractivity (Wildman–Crippen MR) is 90.2 cm³/mol. The lowest BCUT2D eigenvalue weighted by Gasteiger charge is -2.07. The van der Waals surface area contributed by atoms with E-state index < -0.39 is 5.91 Å². The van der Waals surface area contributed by atoms with Crippen LogP contribution in [0.25, 0.3) is 10.9 Å². The van der Waals surface area contributed by atoms with Crippen molar-refractivity contribution in [2.75, 3.05) is 6.79 Å². The fraction of sp³-hybridized carbons (Fsp3) is 0.111. The summed E-state index contributed by atoms with van der Waals surface area (Å²) in [6.07, 6.45) is 1.95. The number of fused-ring (bicyclic) bond motifs is 2. The molecule has 4 rings (SSSR count). The second-order valence-electron chi connectivity index (χ2n) is 5.61. The van der Waals surface area contributed by atoms with Crippen LogP contribution in [0.1, 0.15) is 15.9 Å². The third-order valence-electron chi connectivity index (χ3n) is 3.98. The number of nitrogens with one attached hydrogen (secondary N) is 3. The molecule has 3 N–H and O–H groups in total. The standard InChI is InChI=1S/C18H15N3O4/c22-17(8-12-9-19-14-4-2-1-3-13(12)14)20-21-18(23)11-5-6-15-16(7-11)25-10-24-15/h1-7,9,19H,8,10H2,(H,20,22)(H,21,23). The molecule has 3 aromatic rings. The highest BCUT2D eigenvalue weighted by Crippen LogP contribution is 2.32. The molecule has 0 atom stereocenters. The van der Waals surface area contributed by atoms with Crippen LogP contribution in [0.4, 0.5) is 0 Å². The predicted octanol–water partition coefficient (Wildman–Crippen LogP) is 1.90. The van der Waals surface area contributed by atoms with Gasteiger partial charge in [-0.15, -0.1) is 0 Å². The molecule has 2 amide bonds. The first-order valence-electron chi connectivity index (χ1n) is 7.74. The molecular formula is C18H15N3O4. The van der Waals surface area contributed by atoms with E-state index in [-0.39, 0.29) is 19.1 Å².